The van der Waals surface area contributed by atoms with E-state index in [-0.39, 0.29) is 11.3 Å². The molecular weight excluding hydrogens is 300 g/mol. The summed E-state index contributed by atoms with van der Waals surface area (Å²) in [5.74, 6) is 1.62. The van der Waals surface area contributed by atoms with Crippen molar-refractivity contribution in [2.75, 3.05) is 18.0 Å². The molecule has 7 heteroatoms. The first kappa shape index (κ1) is 14.4. The van der Waals surface area contributed by atoms with Crippen LogP contribution in [-0.4, -0.2) is 42.8 Å². The van der Waals surface area contributed by atoms with Crippen LogP contribution in [0.5, 0.6) is 0 Å². The highest BCUT2D eigenvalue weighted by atomic mass is 32.2. The molecule has 3 aliphatic rings. The SMILES string of the molecule is O=S(=O)(NC1CCN(c2cc(C3CC3)ncn2)CC1)C1CC1. The maximum absolute atomic E-state index is 12.0. The first-order valence-corrected chi connectivity index (χ1v) is 9.74. The van der Waals surface area contributed by atoms with Crippen molar-refractivity contribution < 1.29 is 8.42 Å². The van der Waals surface area contributed by atoms with E-state index in [0.29, 0.717) is 5.92 Å². The molecule has 4 rings (SSSR count). The van der Waals surface area contributed by atoms with E-state index in [0.717, 1.165) is 50.3 Å². The number of aromatic nitrogens is 2. The summed E-state index contributed by atoms with van der Waals surface area (Å²) in [6.45, 7) is 1.69. The van der Waals surface area contributed by atoms with E-state index in [9.17, 15) is 8.42 Å². The number of nitrogens with zero attached hydrogens (tertiary/aromatic N) is 3. The van der Waals surface area contributed by atoms with Gasteiger partial charge in [0.2, 0.25) is 10.0 Å². The Morgan fingerprint density at radius 1 is 1.05 bits per heavy atom. The molecule has 22 heavy (non-hydrogen) atoms. The zero-order valence-corrected chi connectivity index (χ0v) is 13.4. The van der Waals surface area contributed by atoms with Crippen LogP contribution in [0.4, 0.5) is 5.82 Å². The quantitative estimate of drug-likeness (QED) is 0.887. The number of sulfonamides is 1. The van der Waals surface area contributed by atoms with Gasteiger partial charge in [0.1, 0.15) is 12.1 Å². The normalized spacial score (nSPS) is 23.7. The second-order valence-electron chi connectivity index (χ2n) is 6.70. The van der Waals surface area contributed by atoms with Crippen LogP contribution in [0.2, 0.25) is 0 Å². The number of piperidine rings is 1. The molecule has 0 atom stereocenters. The molecule has 0 aromatic carbocycles. The molecule has 0 unspecified atom stereocenters. The average Bonchev–Trinajstić information content (AvgIpc) is 3.41. The minimum Gasteiger partial charge on any atom is -0.356 e. The van der Waals surface area contributed by atoms with Crippen molar-refractivity contribution in [3.05, 3.63) is 18.1 Å². The third-order valence-electron chi connectivity index (χ3n) is 4.78. The van der Waals surface area contributed by atoms with Gasteiger partial charge in [0, 0.05) is 36.8 Å². The number of rotatable bonds is 5. The zero-order valence-electron chi connectivity index (χ0n) is 12.6. The largest absolute Gasteiger partial charge is 0.356 e. The Hall–Kier alpha value is -1.21. The lowest BCUT2D eigenvalue weighted by atomic mass is 10.1. The van der Waals surface area contributed by atoms with Crippen LogP contribution >= 0.6 is 0 Å². The molecule has 3 fully saturated rings. The molecule has 2 heterocycles. The van der Waals surface area contributed by atoms with Crippen molar-refractivity contribution in [1.29, 1.82) is 0 Å². The van der Waals surface area contributed by atoms with E-state index in [1.807, 2.05) is 0 Å². The van der Waals surface area contributed by atoms with Gasteiger partial charge in [-0.05, 0) is 38.5 Å². The van der Waals surface area contributed by atoms with Gasteiger partial charge in [0.15, 0.2) is 0 Å². The van der Waals surface area contributed by atoms with Crippen molar-refractivity contribution in [1.82, 2.24) is 14.7 Å². The van der Waals surface area contributed by atoms with E-state index in [1.54, 1.807) is 6.33 Å². The fourth-order valence-electron chi connectivity index (χ4n) is 3.07. The molecule has 1 saturated heterocycles. The van der Waals surface area contributed by atoms with Crippen molar-refractivity contribution in [2.24, 2.45) is 0 Å². The van der Waals surface area contributed by atoms with E-state index in [2.05, 4.69) is 25.7 Å². The highest BCUT2D eigenvalue weighted by Crippen LogP contribution is 2.39. The van der Waals surface area contributed by atoms with Crippen LogP contribution in [0, 0.1) is 0 Å². The summed E-state index contributed by atoms with van der Waals surface area (Å²) in [7, 11) is -3.07. The van der Waals surface area contributed by atoms with Gasteiger partial charge in [-0.1, -0.05) is 0 Å². The summed E-state index contributed by atoms with van der Waals surface area (Å²) >= 11 is 0. The molecule has 0 radical (unpaired) electrons. The molecule has 1 aliphatic heterocycles. The van der Waals surface area contributed by atoms with Crippen molar-refractivity contribution >= 4 is 15.8 Å². The molecule has 2 saturated carbocycles. The Kier molecular flexibility index (Phi) is 3.57. The van der Waals surface area contributed by atoms with E-state index in [4.69, 9.17) is 0 Å². The standard InChI is InChI=1S/C15H22N4O2S/c20-22(21,13-3-4-13)18-12-5-7-19(8-6-12)15-9-14(11-1-2-11)16-10-17-15/h9-13,18H,1-8H2. The molecular formula is C15H22N4O2S. The fourth-order valence-corrected chi connectivity index (χ4v) is 4.72. The third-order valence-corrected chi connectivity index (χ3v) is 6.79. The highest BCUT2D eigenvalue weighted by Gasteiger charge is 2.37. The molecule has 0 bridgehead atoms. The summed E-state index contributed by atoms with van der Waals surface area (Å²) < 4.78 is 26.9. The maximum atomic E-state index is 12.0. The number of hydrogen-bond donors (Lipinski definition) is 1. The predicted molar refractivity (Wildman–Crippen MR) is 84.3 cm³/mol. The number of anilines is 1. The molecule has 1 aromatic rings. The van der Waals surface area contributed by atoms with Gasteiger partial charge in [0.25, 0.3) is 0 Å². The summed E-state index contributed by atoms with van der Waals surface area (Å²) in [5.41, 5.74) is 1.15. The van der Waals surface area contributed by atoms with Gasteiger partial charge in [0.05, 0.1) is 5.25 Å². The molecule has 0 amide bonds. The topological polar surface area (TPSA) is 75.2 Å². The Labute approximate surface area is 131 Å². The first-order valence-electron chi connectivity index (χ1n) is 8.20. The van der Waals surface area contributed by atoms with Crippen LogP contribution in [0.1, 0.15) is 50.1 Å². The van der Waals surface area contributed by atoms with E-state index in [1.165, 1.54) is 12.8 Å². The molecule has 0 spiro atoms. The summed E-state index contributed by atoms with van der Waals surface area (Å²) in [6.07, 6.45) is 7.45. The molecule has 6 nitrogen and oxygen atoms in total. The van der Waals surface area contributed by atoms with Crippen LogP contribution in [0.25, 0.3) is 0 Å². The van der Waals surface area contributed by atoms with Crippen molar-refractivity contribution in [3.8, 4) is 0 Å². The highest BCUT2D eigenvalue weighted by molar-refractivity contribution is 7.90. The minimum atomic E-state index is -3.07. The van der Waals surface area contributed by atoms with Crippen LogP contribution < -0.4 is 9.62 Å². The van der Waals surface area contributed by atoms with Crippen LogP contribution in [0.15, 0.2) is 12.4 Å². The van der Waals surface area contributed by atoms with Crippen molar-refractivity contribution in [3.63, 3.8) is 0 Å². The number of nitrogens with one attached hydrogen (secondary N) is 1. The Morgan fingerprint density at radius 2 is 1.77 bits per heavy atom. The number of hydrogen-bond acceptors (Lipinski definition) is 5. The molecule has 1 N–H and O–H groups in total. The lowest BCUT2D eigenvalue weighted by Gasteiger charge is -2.33. The van der Waals surface area contributed by atoms with Gasteiger partial charge >= 0.3 is 0 Å². The summed E-state index contributed by atoms with van der Waals surface area (Å²) in [4.78, 5) is 11.0. The predicted octanol–water partition coefficient (Wildman–Crippen LogP) is 1.40. The van der Waals surface area contributed by atoms with E-state index >= 15 is 0 Å². The molecule has 120 valence electrons. The van der Waals surface area contributed by atoms with Gasteiger partial charge in [-0.15, -0.1) is 0 Å². The smallest absolute Gasteiger partial charge is 0.214 e. The molecule has 2 aliphatic carbocycles. The summed E-state index contributed by atoms with van der Waals surface area (Å²) in [6, 6.07) is 2.18. The lowest BCUT2D eigenvalue weighted by molar-refractivity contribution is 0.458. The summed E-state index contributed by atoms with van der Waals surface area (Å²) in [5, 5.41) is -0.131. The van der Waals surface area contributed by atoms with Crippen molar-refractivity contribution in [2.45, 2.75) is 55.7 Å². The second-order valence-corrected chi connectivity index (χ2v) is 8.69. The fraction of sp³-hybridized carbons (Fsp3) is 0.733. The van der Waals surface area contributed by atoms with Gasteiger partial charge in [-0.25, -0.2) is 23.1 Å². The maximum Gasteiger partial charge on any atom is 0.214 e. The second kappa shape index (κ2) is 5.45. The average molecular weight is 322 g/mol. The van der Waals surface area contributed by atoms with E-state index < -0.39 is 10.0 Å². The Morgan fingerprint density at radius 3 is 2.41 bits per heavy atom. The minimum absolute atomic E-state index is 0.0755. The van der Waals surface area contributed by atoms with Gasteiger partial charge in [-0.2, -0.15) is 0 Å². The van der Waals surface area contributed by atoms with Gasteiger partial charge < -0.3 is 4.90 Å². The monoisotopic (exact) mass is 322 g/mol. The Balaban J connectivity index is 1.36. The first-order chi connectivity index (χ1) is 10.6. The Bertz CT molecular complexity index is 647. The molecule has 1 aromatic heterocycles. The zero-order chi connectivity index (χ0) is 15.2. The van der Waals surface area contributed by atoms with Gasteiger partial charge in [-0.3, -0.25) is 0 Å². The lowest BCUT2D eigenvalue weighted by Crippen LogP contribution is -2.45. The third kappa shape index (κ3) is 3.10. The van der Waals surface area contributed by atoms with Crippen LogP contribution in [-0.2, 0) is 10.0 Å². The van der Waals surface area contributed by atoms with Crippen LogP contribution in [0.3, 0.4) is 0 Å².